The smallest absolute Gasteiger partial charge is 0.336 e. The SMILES string of the molecule is CCc1ccc2c(C[NH+]3CCN(c4ccc(C(C)=O)cc4)CC3)cc(=O)oc2c1. The molecular weight excluding hydrogens is 364 g/mol. The van der Waals surface area contributed by atoms with Crippen molar-refractivity contribution in [1.29, 1.82) is 0 Å². The summed E-state index contributed by atoms with van der Waals surface area (Å²) in [5, 5.41) is 1.04. The highest BCUT2D eigenvalue weighted by molar-refractivity contribution is 5.94. The van der Waals surface area contributed by atoms with Crippen LogP contribution in [0.5, 0.6) is 0 Å². The zero-order valence-electron chi connectivity index (χ0n) is 17.0. The summed E-state index contributed by atoms with van der Waals surface area (Å²) < 4.78 is 5.44. The highest BCUT2D eigenvalue weighted by atomic mass is 16.4. The molecule has 1 aliphatic heterocycles. The third-order valence-electron chi connectivity index (χ3n) is 5.85. The third-order valence-corrected chi connectivity index (χ3v) is 5.85. The fraction of sp³-hybridized carbons (Fsp3) is 0.333. The number of carbonyl (C=O) groups is 1. The number of anilines is 1. The monoisotopic (exact) mass is 391 g/mol. The number of benzene rings is 2. The maximum absolute atomic E-state index is 12.0. The molecular formula is C24H27N2O3+. The average molecular weight is 391 g/mol. The van der Waals surface area contributed by atoms with Gasteiger partial charge in [0.15, 0.2) is 5.78 Å². The van der Waals surface area contributed by atoms with Gasteiger partial charge in [-0.1, -0.05) is 19.1 Å². The van der Waals surface area contributed by atoms with Gasteiger partial charge in [-0.15, -0.1) is 0 Å². The van der Waals surface area contributed by atoms with E-state index < -0.39 is 0 Å². The molecule has 2 aromatic carbocycles. The van der Waals surface area contributed by atoms with E-state index in [2.05, 4.69) is 24.0 Å². The standard InChI is InChI=1S/C24H26N2O3/c1-3-18-4-9-22-20(15-24(28)29-23(22)14-18)16-25-10-12-26(13-11-25)21-7-5-19(6-8-21)17(2)27/h4-9,14-15H,3,10-13,16H2,1-2H3/p+1. The van der Waals surface area contributed by atoms with Gasteiger partial charge in [-0.05, 0) is 49.2 Å². The molecule has 4 rings (SSSR count). The number of carbonyl (C=O) groups excluding carboxylic acids is 1. The minimum atomic E-state index is -0.274. The van der Waals surface area contributed by atoms with Gasteiger partial charge in [0.05, 0.1) is 26.2 Å². The van der Waals surface area contributed by atoms with Gasteiger partial charge in [-0.2, -0.15) is 0 Å². The minimum Gasteiger partial charge on any atom is -0.423 e. The second-order valence-corrected chi connectivity index (χ2v) is 7.79. The average Bonchev–Trinajstić information content (AvgIpc) is 2.73. The van der Waals surface area contributed by atoms with Gasteiger partial charge in [-0.25, -0.2) is 4.79 Å². The first-order valence-electron chi connectivity index (χ1n) is 10.3. The van der Waals surface area contributed by atoms with E-state index in [4.69, 9.17) is 4.42 Å². The summed E-state index contributed by atoms with van der Waals surface area (Å²) in [5.41, 5.74) is 4.56. The van der Waals surface area contributed by atoms with Crippen LogP contribution < -0.4 is 15.4 Å². The molecule has 0 aliphatic carbocycles. The molecule has 0 bridgehead atoms. The van der Waals surface area contributed by atoms with E-state index in [0.29, 0.717) is 5.58 Å². The summed E-state index contributed by atoms with van der Waals surface area (Å²) in [6, 6.07) is 15.7. The summed E-state index contributed by atoms with van der Waals surface area (Å²) in [6.07, 6.45) is 0.921. The Morgan fingerprint density at radius 1 is 1.07 bits per heavy atom. The van der Waals surface area contributed by atoms with Crippen molar-refractivity contribution in [3.05, 3.63) is 75.6 Å². The lowest BCUT2D eigenvalue weighted by atomic mass is 10.1. The summed E-state index contributed by atoms with van der Waals surface area (Å²) in [6.45, 7) is 8.42. The Bertz CT molecular complexity index is 1080. The lowest BCUT2D eigenvalue weighted by molar-refractivity contribution is -0.914. The van der Waals surface area contributed by atoms with Crippen LogP contribution in [0, 0.1) is 0 Å². The maximum atomic E-state index is 12.0. The summed E-state index contributed by atoms with van der Waals surface area (Å²) >= 11 is 0. The van der Waals surface area contributed by atoms with Crippen molar-refractivity contribution in [3.8, 4) is 0 Å². The Morgan fingerprint density at radius 2 is 1.79 bits per heavy atom. The summed E-state index contributed by atoms with van der Waals surface area (Å²) in [7, 11) is 0. The number of Topliss-reactive ketones (excluding diaryl/α,β-unsaturated/α-hetero) is 1. The number of hydrogen-bond donors (Lipinski definition) is 1. The van der Waals surface area contributed by atoms with Gasteiger partial charge in [-0.3, -0.25) is 4.79 Å². The van der Waals surface area contributed by atoms with Crippen molar-refractivity contribution < 1.29 is 14.1 Å². The molecule has 0 unspecified atom stereocenters. The van der Waals surface area contributed by atoms with Crippen molar-refractivity contribution in [1.82, 2.24) is 0 Å². The number of fused-ring (bicyclic) bond motifs is 1. The van der Waals surface area contributed by atoms with Crippen molar-refractivity contribution in [2.24, 2.45) is 0 Å². The second-order valence-electron chi connectivity index (χ2n) is 7.79. The molecule has 0 saturated carbocycles. The number of quaternary nitrogens is 1. The molecule has 1 fully saturated rings. The normalized spacial score (nSPS) is 15.0. The number of rotatable bonds is 5. The fourth-order valence-electron chi connectivity index (χ4n) is 4.07. The van der Waals surface area contributed by atoms with Crippen molar-refractivity contribution >= 4 is 22.4 Å². The fourth-order valence-corrected chi connectivity index (χ4v) is 4.07. The van der Waals surface area contributed by atoms with Crippen LogP contribution in [0.15, 0.2) is 57.7 Å². The molecule has 5 nitrogen and oxygen atoms in total. The van der Waals surface area contributed by atoms with E-state index in [1.54, 1.807) is 13.0 Å². The van der Waals surface area contributed by atoms with Gasteiger partial charge in [0.1, 0.15) is 12.1 Å². The summed E-state index contributed by atoms with van der Waals surface area (Å²) in [4.78, 5) is 27.3. The Morgan fingerprint density at radius 3 is 2.45 bits per heavy atom. The van der Waals surface area contributed by atoms with Gasteiger partial charge in [0.2, 0.25) is 0 Å². The van der Waals surface area contributed by atoms with E-state index in [1.165, 1.54) is 10.5 Å². The van der Waals surface area contributed by atoms with Gasteiger partial charge >= 0.3 is 5.63 Å². The van der Waals surface area contributed by atoms with Crippen LogP contribution in [0.2, 0.25) is 0 Å². The molecule has 0 spiro atoms. The highest BCUT2D eigenvalue weighted by Crippen LogP contribution is 2.19. The molecule has 3 aromatic rings. The van der Waals surface area contributed by atoms with E-state index in [-0.39, 0.29) is 11.4 Å². The second kappa shape index (κ2) is 8.21. The number of nitrogens with one attached hydrogen (secondary N) is 1. The third kappa shape index (κ3) is 4.25. The van der Waals surface area contributed by atoms with Crippen LogP contribution in [0.1, 0.15) is 35.3 Å². The zero-order chi connectivity index (χ0) is 20.4. The number of nitrogens with zero attached hydrogens (tertiary/aromatic N) is 1. The van der Waals surface area contributed by atoms with Crippen molar-refractivity contribution in [3.63, 3.8) is 0 Å². The van der Waals surface area contributed by atoms with Crippen molar-refractivity contribution in [2.45, 2.75) is 26.8 Å². The summed E-state index contributed by atoms with van der Waals surface area (Å²) in [5.74, 6) is 0.0939. The molecule has 1 aromatic heterocycles. The highest BCUT2D eigenvalue weighted by Gasteiger charge is 2.22. The molecule has 1 aliphatic rings. The van der Waals surface area contributed by atoms with E-state index in [9.17, 15) is 9.59 Å². The molecule has 0 amide bonds. The van der Waals surface area contributed by atoms with Crippen LogP contribution in [0.25, 0.3) is 11.0 Å². The maximum Gasteiger partial charge on any atom is 0.336 e. The first kappa shape index (κ1) is 19.4. The van der Waals surface area contributed by atoms with Crippen LogP contribution in [-0.2, 0) is 13.0 Å². The van der Waals surface area contributed by atoms with Crippen LogP contribution in [0.4, 0.5) is 5.69 Å². The Balaban J connectivity index is 1.46. The van der Waals surface area contributed by atoms with Gasteiger partial charge in [0, 0.05) is 28.3 Å². The first-order chi connectivity index (χ1) is 14.0. The molecule has 29 heavy (non-hydrogen) atoms. The molecule has 1 saturated heterocycles. The molecule has 0 radical (unpaired) electrons. The first-order valence-corrected chi connectivity index (χ1v) is 10.3. The Kier molecular flexibility index (Phi) is 5.49. The topological polar surface area (TPSA) is 55.0 Å². The lowest BCUT2D eigenvalue weighted by Crippen LogP contribution is -3.13. The number of hydrogen-bond acceptors (Lipinski definition) is 4. The van der Waals surface area contributed by atoms with Crippen LogP contribution >= 0.6 is 0 Å². The lowest BCUT2D eigenvalue weighted by Gasteiger charge is -2.33. The number of aryl methyl sites for hydroxylation is 1. The number of ketones is 1. The Hall–Kier alpha value is -2.92. The van der Waals surface area contributed by atoms with E-state index >= 15 is 0 Å². The molecule has 5 heteroatoms. The molecule has 150 valence electrons. The van der Waals surface area contributed by atoms with E-state index in [0.717, 1.165) is 61.3 Å². The molecule has 1 N–H and O–H groups in total. The van der Waals surface area contributed by atoms with Gasteiger partial charge in [0.25, 0.3) is 0 Å². The minimum absolute atomic E-state index is 0.0939. The largest absolute Gasteiger partial charge is 0.423 e. The predicted molar refractivity (Wildman–Crippen MR) is 115 cm³/mol. The number of piperazine rings is 1. The zero-order valence-corrected chi connectivity index (χ0v) is 17.0. The molecule has 2 heterocycles. The predicted octanol–water partition coefficient (Wildman–Crippen LogP) is 2.46. The Labute approximate surface area is 170 Å². The van der Waals surface area contributed by atoms with E-state index in [1.807, 2.05) is 30.3 Å². The quantitative estimate of drug-likeness (QED) is 0.536. The van der Waals surface area contributed by atoms with Crippen LogP contribution in [-0.4, -0.2) is 32.0 Å². The van der Waals surface area contributed by atoms with Crippen molar-refractivity contribution in [2.75, 3.05) is 31.1 Å². The van der Waals surface area contributed by atoms with Crippen LogP contribution in [0.3, 0.4) is 0 Å². The molecule has 0 atom stereocenters. The van der Waals surface area contributed by atoms with Gasteiger partial charge < -0.3 is 14.2 Å².